The Kier molecular flexibility index (Phi) is 4.41. The van der Waals surface area contributed by atoms with Gasteiger partial charge in [0.05, 0.1) is 18.3 Å². The van der Waals surface area contributed by atoms with Crippen LogP contribution in [0.4, 0.5) is 0 Å². The van der Waals surface area contributed by atoms with Gasteiger partial charge in [-0.05, 0) is 24.6 Å². The number of hydrogen-bond acceptors (Lipinski definition) is 5. The summed E-state index contributed by atoms with van der Waals surface area (Å²) in [5.41, 5.74) is 1.96. The van der Waals surface area contributed by atoms with Crippen molar-refractivity contribution in [2.24, 2.45) is 0 Å². The van der Waals surface area contributed by atoms with Gasteiger partial charge in [-0.1, -0.05) is 12.1 Å². The van der Waals surface area contributed by atoms with E-state index in [2.05, 4.69) is 25.5 Å². The summed E-state index contributed by atoms with van der Waals surface area (Å²) in [4.78, 5) is 19.7. The first-order valence-electron chi connectivity index (χ1n) is 7.29. The Morgan fingerprint density at radius 3 is 2.52 bits per heavy atom. The van der Waals surface area contributed by atoms with E-state index in [1.165, 1.54) is 12.7 Å². The molecule has 0 spiro atoms. The molecule has 23 heavy (non-hydrogen) atoms. The molecule has 0 aliphatic carbocycles. The lowest BCUT2D eigenvalue weighted by molar-refractivity contribution is -0.122. The van der Waals surface area contributed by atoms with E-state index in [0.717, 1.165) is 11.3 Å². The van der Waals surface area contributed by atoms with Crippen molar-refractivity contribution in [3.05, 3.63) is 55.1 Å². The van der Waals surface area contributed by atoms with Crippen LogP contribution >= 0.6 is 0 Å². The number of benzene rings is 1. The Hall–Kier alpha value is -3.03. The lowest BCUT2D eigenvalue weighted by Gasteiger charge is -2.15. The van der Waals surface area contributed by atoms with E-state index in [4.69, 9.17) is 0 Å². The quantitative estimate of drug-likeness (QED) is 0.737. The van der Waals surface area contributed by atoms with Crippen molar-refractivity contribution in [1.82, 2.24) is 34.8 Å². The highest BCUT2D eigenvalue weighted by molar-refractivity contribution is 5.76. The van der Waals surface area contributed by atoms with Gasteiger partial charge in [-0.15, -0.1) is 0 Å². The summed E-state index contributed by atoms with van der Waals surface area (Å²) >= 11 is 0. The average Bonchev–Trinajstić information content (AvgIpc) is 3.26. The highest BCUT2D eigenvalue weighted by Gasteiger charge is 2.10. The Balaban J connectivity index is 1.55. The lowest BCUT2D eigenvalue weighted by atomic mass is 10.1. The summed E-state index contributed by atoms with van der Waals surface area (Å²) in [6.45, 7) is 2.47. The van der Waals surface area contributed by atoms with E-state index in [9.17, 15) is 4.79 Å². The molecule has 0 fully saturated rings. The Morgan fingerprint density at radius 1 is 1.13 bits per heavy atom. The molecule has 8 heteroatoms. The van der Waals surface area contributed by atoms with Crippen LogP contribution in [0.5, 0.6) is 0 Å². The first-order chi connectivity index (χ1) is 11.2. The van der Waals surface area contributed by atoms with Crippen LogP contribution in [0.1, 0.15) is 24.9 Å². The second-order valence-electron chi connectivity index (χ2n) is 5.13. The highest BCUT2D eigenvalue weighted by Crippen LogP contribution is 2.15. The molecule has 1 aromatic carbocycles. The molecule has 0 radical (unpaired) electrons. The Morgan fingerprint density at radius 2 is 1.87 bits per heavy atom. The minimum Gasteiger partial charge on any atom is -0.350 e. The molecule has 1 atom stereocenters. The maximum Gasteiger partial charge on any atom is 0.222 e. The van der Waals surface area contributed by atoms with Crippen LogP contribution in [0.3, 0.4) is 0 Å². The smallest absolute Gasteiger partial charge is 0.222 e. The molecule has 0 aliphatic rings. The van der Waals surface area contributed by atoms with Gasteiger partial charge in [-0.3, -0.25) is 9.48 Å². The molecule has 3 aromatic rings. The molecule has 1 N–H and O–H groups in total. The third-order valence-corrected chi connectivity index (χ3v) is 3.49. The van der Waals surface area contributed by atoms with Crippen LogP contribution in [-0.4, -0.2) is 35.4 Å². The van der Waals surface area contributed by atoms with Crippen molar-refractivity contribution in [2.75, 3.05) is 0 Å². The second kappa shape index (κ2) is 6.82. The zero-order chi connectivity index (χ0) is 16.1. The number of aryl methyl sites for hydroxylation is 1. The molecule has 1 unspecified atom stereocenters. The number of carbonyl (C=O) groups is 1. The standard InChI is InChI=1S/C15H17N7O/c1-12(20-15(23)6-7-21-10-16-8-18-21)13-2-4-14(5-3-13)22-11-17-9-19-22/h2-5,8-12H,6-7H2,1H3,(H,20,23). The van der Waals surface area contributed by atoms with Crippen LogP contribution < -0.4 is 5.32 Å². The fourth-order valence-electron chi connectivity index (χ4n) is 2.22. The summed E-state index contributed by atoms with van der Waals surface area (Å²) in [5, 5.41) is 11.0. The monoisotopic (exact) mass is 311 g/mol. The van der Waals surface area contributed by atoms with Gasteiger partial charge in [0, 0.05) is 6.42 Å². The minimum absolute atomic E-state index is 0.0200. The maximum atomic E-state index is 12.0. The van der Waals surface area contributed by atoms with Crippen LogP contribution in [0.15, 0.2) is 49.6 Å². The molecule has 0 aliphatic heterocycles. The summed E-state index contributed by atoms with van der Waals surface area (Å²) in [5.74, 6) is -0.0200. The third kappa shape index (κ3) is 3.79. The number of rotatable bonds is 6. The summed E-state index contributed by atoms with van der Waals surface area (Å²) in [6, 6.07) is 7.77. The van der Waals surface area contributed by atoms with Crippen molar-refractivity contribution in [2.45, 2.75) is 25.9 Å². The van der Waals surface area contributed by atoms with Gasteiger partial charge in [0.1, 0.15) is 25.3 Å². The second-order valence-corrected chi connectivity index (χ2v) is 5.13. The number of nitrogens with one attached hydrogen (secondary N) is 1. The molecule has 1 amide bonds. The summed E-state index contributed by atoms with van der Waals surface area (Å²) in [7, 11) is 0. The molecule has 2 aromatic heterocycles. The van der Waals surface area contributed by atoms with E-state index in [1.807, 2.05) is 31.2 Å². The number of aromatic nitrogens is 6. The van der Waals surface area contributed by atoms with Gasteiger partial charge in [-0.2, -0.15) is 10.2 Å². The molecule has 8 nitrogen and oxygen atoms in total. The number of carbonyl (C=O) groups excluding carboxylic acids is 1. The van der Waals surface area contributed by atoms with E-state index in [0.29, 0.717) is 13.0 Å². The van der Waals surface area contributed by atoms with Crippen LogP contribution in [-0.2, 0) is 11.3 Å². The number of hydrogen-bond donors (Lipinski definition) is 1. The maximum absolute atomic E-state index is 12.0. The SMILES string of the molecule is CC(NC(=O)CCn1cncn1)c1ccc(-n2cncn2)cc1. The Bertz CT molecular complexity index is 735. The largest absolute Gasteiger partial charge is 0.350 e. The van der Waals surface area contributed by atoms with Crippen LogP contribution in [0.2, 0.25) is 0 Å². The van der Waals surface area contributed by atoms with Crippen molar-refractivity contribution in [3.63, 3.8) is 0 Å². The fraction of sp³-hybridized carbons (Fsp3) is 0.267. The summed E-state index contributed by atoms with van der Waals surface area (Å²) < 4.78 is 3.32. The predicted octanol–water partition coefficient (Wildman–Crippen LogP) is 1.13. The van der Waals surface area contributed by atoms with E-state index in [1.54, 1.807) is 22.0 Å². The van der Waals surface area contributed by atoms with E-state index in [-0.39, 0.29) is 11.9 Å². The van der Waals surface area contributed by atoms with Gasteiger partial charge in [-0.25, -0.2) is 14.6 Å². The number of nitrogens with zero attached hydrogens (tertiary/aromatic N) is 6. The molecule has 0 saturated carbocycles. The van der Waals surface area contributed by atoms with Crippen molar-refractivity contribution in [1.29, 1.82) is 0 Å². The molecule has 0 saturated heterocycles. The van der Waals surface area contributed by atoms with E-state index < -0.39 is 0 Å². The zero-order valence-corrected chi connectivity index (χ0v) is 12.7. The highest BCUT2D eigenvalue weighted by atomic mass is 16.1. The topological polar surface area (TPSA) is 90.5 Å². The van der Waals surface area contributed by atoms with Crippen molar-refractivity contribution in [3.8, 4) is 5.69 Å². The minimum atomic E-state index is -0.0666. The van der Waals surface area contributed by atoms with Crippen molar-refractivity contribution >= 4 is 5.91 Å². The van der Waals surface area contributed by atoms with Gasteiger partial charge < -0.3 is 5.32 Å². The molecular weight excluding hydrogens is 294 g/mol. The first kappa shape index (κ1) is 14.9. The molecule has 0 bridgehead atoms. The lowest BCUT2D eigenvalue weighted by Crippen LogP contribution is -2.27. The molecular formula is C15H17N7O. The van der Waals surface area contributed by atoms with Gasteiger partial charge in [0.15, 0.2) is 0 Å². The third-order valence-electron chi connectivity index (χ3n) is 3.49. The summed E-state index contributed by atoms with van der Waals surface area (Å²) in [6.07, 6.45) is 6.55. The first-order valence-corrected chi connectivity index (χ1v) is 7.29. The fourth-order valence-corrected chi connectivity index (χ4v) is 2.22. The van der Waals surface area contributed by atoms with Crippen LogP contribution in [0.25, 0.3) is 5.69 Å². The van der Waals surface area contributed by atoms with Gasteiger partial charge >= 0.3 is 0 Å². The van der Waals surface area contributed by atoms with Gasteiger partial charge in [0.25, 0.3) is 0 Å². The zero-order valence-electron chi connectivity index (χ0n) is 12.7. The number of amides is 1. The molecule has 118 valence electrons. The normalized spacial score (nSPS) is 12.0. The van der Waals surface area contributed by atoms with Gasteiger partial charge in [0.2, 0.25) is 5.91 Å². The molecule has 2 heterocycles. The average molecular weight is 311 g/mol. The Labute approximate surface area is 133 Å². The predicted molar refractivity (Wildman–Crippen MR) is 82.6 cm³/mol. The van der Waals surface area contributed by atoms with Crippen LogP contribution in [0, 0.1) is 0 Å². The van der Waals surface area contributed by atoms with E-state index >= 15 is 0 Å². The van der Waals surface area contributed by atoms with Crippen molar-refractivity contribution < 1.29 is 4.79 Å². The molecule has 3 rings (SSSR count).